The highest BCUT2D eigenvalue weighted by molar-refractivity contribution is 5.91. The van der Waals surface area contributed by atoms with Gasteiger partial charge in [-0.3, -0.25) is 4.79 Å². The second-order valence-electron chi connectivity index (χ2n) is 4.47. The SMILES string of the molecule is O=C(CC1CCCN1)Nc1cccc(C(F)F)c1. The van der Waals surface area contributed by atoms with Crippen molar-refractivity contribution in [2.75, 3.05) is 11.9 Å². The molecule has 1 aromatic carbocycles. The van der Waals surface area contributed by atoms with Crippen molar-refractivity contribution in [1.29, 1.82) is 0 Å². The number of hydrogen-bond acceptors (Lipinski definition) is 2. The number of carbonyl (C=O) groups excluding carboxylic acids is 1. The van der Waals surface area contributed by atoms with E-state index in [0.29, 0.717) is 12.1 Å². The highest BCUT2D eigenvalue weighted by Gasteiger charge is 2.17. The minimum atomic E-state index is -2.52. The zero-order valence-corrected chi connectivity index (χ0v) is 9.96. The zero-order valence-electron chi connectivity index (χ0n) is 9.96. The van der Waals surface area contributed by atoms with Crippen LogP contribution in [0.15, 0.2) is 24.3 Å². The molecule has 0 aromatic heterocycles. The van der Waals surface area contributed by atoms with Crippen molar-refractivity contribution >= 4 is 11.6 Å². The minimum absolute atomic E-state index is 0.0770. The molecule has 2 N–H and O–H groups in total. The lowest BCUT2D eigenvalue weighted by Crippen LogP contribution is -2.27. The minimum Gasteiger partial charge on any atom is -0.326 e. The van der Waals surface area contributed by atoms with Crippen LogP contribution < -0.4 is 10.6 Å². The number of benzene rings is 1. The lowest BCUT2D eigenvalue weighted by molar-refractivity contribution is -0.116. The first-order valence-electron chi connectivity index (χ1n) is 6.06. The Bertz CT molecular complexity index is 417. The molecule has 3 nitrogen and oxygen atoms in total. The fourth-order valence-electron chi connectivity index (χ4n) is 2.12. The van der Waals surface area contributed by atoms with Crippen molar-refractivity contribution in [3.05, 3.63) is 29.8 Å². The van der Waals surface area contributed by atoms with E-state index in [9.17, 15) is 13.6 Å². The highest BCUT2D eigenvalue weighted by atomic mass is 19.3. The summed E-state index contributed by atoms with van der Waals surface area (Å²) >= 11 is 0. The summed E-state index contributed by atoms with van der Waals surface area (Å²) in [5.41, 5.74) is 0.350. The normalized spacial score (nSPS) is 19.2. The van der Waals surface area contributed by atoms with Crippen LogP contribution in [0.25, 0.3) is 0 Å². The van der Waals surface area contributed by atoms with E-state index in [4.69, 9.17) is 0 Å². The highest BCUT2D eigenvalue weighted by Crippen LogP contribution is 2.22. The third-order valence-electron chi connectivity index (χ3n) is 3.02. The number of rotatable bonds is 4. The van der Waals surface area contributed by atoms with Gasteiger partial charge in [0.15, 0.2) is 0 Å². The number of hydrogen-bond donors (Lipinski definition) is 2. The van der Waals surface area contributed by atoms with Gasteiger partial charge in [-0.1, -0.05) is 12.1 Å². The van der Waals surface area contributed by atoms with Gasteiger partial charge in [0, 0.05) is 23.7 Å². The number of alkyl halides is 2. The maximum Gasteiger partial charge on any atom is 0.263 e. The van der Waals surface area contributed by atoms with Gasteiger partial charge in [0.25, 0.3) is 6.43 Å². The van der Waals surface area contributed by atoms with E-state index in [0.717, 1.165) is 19.4 Å². The molecule has 5 heteroatoms. The predicted octanol–water partition coefficient (Wildman–Crippen LogP) is 2.70. The molecule has 2 rings (SSSR count). The van der Waals surface area contributed by atoms with Crippen molar-refractivity contribution in [2.24, 2.45) is 0 Å². The molecule has 1 atom stereocenters. The molecule has 1 amide bonds. The molecule has 1 heterocycles. The summed E-state index contributed by atoms with van der Waals surface area (Å²) in [5.74, 6) is -0.138. The topological polar surface area (TPSA) is 41.1 Å². The van der Waals surface area contributed by atoms with Crippen molar-refractivity contribution in [2.45, 2.75) is 31.7 Å². The van der Waals surface area contributed by atoms with Gasteiger partial charge in [-0.25, -0.2) is 8.78 Å². The van der Waals surface area contributed by atoms with Gasteiger partial charge in [-0.05, 0) is 31.5 Å². The number of anilines is 1. The van der Waals surface area contributed by atoms with Gasteiger partial charge < -0.3 is 10.6 Å². The van der Waals surface area contributed by atoms with Crippen LogP contribution in [0.1, 0.15) is 31.3 Å². The molecule has 0 bridgehead atoms. The van der Waals surface area contributed by atoms with Gasteiger partial charge in [-0.2, -0.15) is 0 Å². The molecule has 1 saturated heterocycles. The van der Waals surface area contributed by atoms with Crippen LogP contribution in [0.2, 0.25) is 0 Å². The fourth-order valence-corrected chi connectivity index (χ4v) is 2.12. The monoisotopic (exact) mass is 254 g/mol. The van der Waals surface area contributed by atoms with Crippen LogP contribution in [0, 0.1) is 0 Å². The molecule has 1 aliphatic heterocycles. The van der Waals surface area contributed by atoms with Gasteiger partial charge in [0.2, 0.25) is 5.91 Å². The summed E-state index contributed by atoms with van der Waals surface area (Å²) in [7, 11) is 0. The molecule has 0 aliphatic carbocycles. The quantitative estimate of drug-likeness (QED) is 0.867. The molecule has 1 aromatic rings. The van der Waals surface area contributed by atoms with Crippen LogP contribution in [-0.4, -0.2) is 18.5 Å². The number of halogens is 2. The summed E-state index contributed by atoms with van der Waals surface area (Å²) in [4.78, 5) is 11.7. The van der Waals surface area contributed by atoms with E-state index in [1.807, 2.05) is 0 Å². The molecule has 0 radical (unpaired) electrons. The van der Waals surface area contributed by atoms with Crippen LogP contribution >= 0.6 is 0 Å². The summed E-state index contributed by atoms with van der Waals surface area (Å²) < 4.78 is 25.0. The third kappa shape index (κ3) is 3.50. The lowest BCUT2D eigenvalue weighted by atomic mass is 10.1. The molecule has 1 aliphatic rings. The molecular weight excluding hydrogens is 238 g/mol. The first-order chi connectivity index (χ1) is 8.65. The van der Waals surface area contributed by atoms with Gasteiger partial charge in [0.1, 0.15) is 0 Å². The van der Waals surface area contributed by atoms with E-state index in [-0.39, 0.29) is 17.5 Å². The van der Waals surface area contributed by atoms with Crippen LogP contribution in [0.4, 0.5) is 14.5 Å². The fraction of sp³-hybridized carbons (Fsp3) is 0.462. The Morgan fingerprint density at radius 1 is 1.50 bits per heavy atom. The Kier molecular flexibility index (Phi) is 4.25. The van der Waals surface area contributed by atoms with Crippen LogP contribution in [-0.2, 0) is 4.79 Å². The van der Waals surface area contributed by atoms with E-state index < -0.39 is 6.43 Å². The first-order valence-corrected chi connectivity index (χ1v) is 6.06. The number of nitrogens with one attached hydrogen (secondary N) is 2. The molecule has 98 valence electrons. The smallest absolute Gasteiger partial charge is 0.263 e. The van der Waals surface area contributed by atoms with E-state index in [1.54, 1.807) is 6.07 Å². The van der Waals surface area contributed by atoms with Crippen LogP contribution in [0.5, 0.6) is 0 Å². The van der Waals surface area contributed by atoms with E-state index >= 15 is 0 Å². The Morgan fingerprint density at radius 3 is 3.00 bits per heavy atom. The standard InChI is InChI=1S/C13H16F2N2O/c14-13(15)9-3-1-4-11(7-9)17-12(18)8-10-5-2-6-16-10/h1,3-4,7,10,13,16H,2,5-6,8H2,(H,17,18). The van der Waals surface area contributed by atoms with Crippen molar-refractivity contribution in [3.8, 4) is 0 Å². The molecule has 0 spiro atoms. The lowest BCUT2D eigenvalue weighted by Gasteiger charge is -2.11. The Balaban J connectivity index is 1.91. The largest absolute Gasteiger partial charge is 0.326 e. The van der Waals surface area contributed by atoms with Crippen LogP contribution in [0.3, 0.4) is 0 Å². The maximum absolute atomic E-state index is 12.5. The Labute approximate surface area is 105 Å². The average Bonchev–Trinajstić information content (AvgIpc) is 2.82. The van der Waals surface area contributed by atoms with Gasteiger partial charge in [-0.15, -0.1) is 0 Å². The molecule has 18 heavy (non-hydrogen) atoms. The second-order valence-corrected chi connectivity index (χ2v) is 4.47. The molecule has 0 saturated carbocycles. The average molecular weight is 254 g/mol. The van der Waals surface area contributed by atoms with E-state index in [1.165, 1.54) is 18.2 Å². The van der Waals surface area contributed by atoms with Crippen molar-refractivity contribution < 1.29 is 13.6 Å². The zero-order chi connectivity index (χ0) is 13.0. The number of amides is 1. The summed E-state index contributed by atoms with van der Waals surface area (Å²) in [6, 6.07) is 6.00. The third-order valence-corrected chi connectivity index (χ3v) is 3.02. The summed E-state index contributed by atoms with van der Waals surface area (Å²) in [6.45, 7) is 0.943. The summed E-state index contributed by atoms with van der Waals surface area (Å²) in [5, 5.41) is 5.87. The predicted molar refractivity (Wildman–Crippen MR) is 65.7 cm³/mol. The van der Waals surface area contributed by atoms with Gasteiger partial charge in [0.05, 0.1) is 0 Å². The Morgan fingerprint density at radius 2 is 2.33 bits per heavy atom. The molecule has 1 fully saturated rings. The van der Waals surface area contributed by atoms with Crippen molar-refractivity contribution in [3.63, 3.8) is 0 Å². The first kappa shape index (κ1) is 13.0. The second kappa shape index (κ2) is 5.91. The van der Waals surface area contributed by atoms with Crippen molar-refractivity contribution in [1.82, 2.24) is 5.32 Å². The maximum atomic E-state index is 12.5. The number of carbonyl (C=O) groups is 1. The molecular formula is C13H16F2N2O. The van der Waals surface area contributed by atoms with E-state index in [2.05, 4.69) is 10.6 Å². The Hall–Kier alpha value is -1.49. The van der Waals surface area contributed by atoms with Gasteiger partial charge >= 0.3 is 0 Å². The summed E-state index contributed by atoms with van der Waals surface area (Å²) in [6.07, 6.45) is -0.0549. The molecule has 1 unspecified atom stereocenters.